The Morgan fingerprint density at radius 2 is 2.00 bits per heavy atom. The first-order valence-corrected chi connectivity index (χ1v) is 5.93. The third-order valence-corrected chi connectivity index (χ3v) is 2.53. The van der Waals surface area contributed by atoms with Gasteiger partial charge >= 0.3 is 0 Å². The predicted octanol–water partition coefficient (Wildman–Crippen LogP) is 0.591. The third-order valence-electron chi connectivity index (χ3n) is 2.53. The molecule has 1 rings (SSSR count). The number of hydrogen-bond acceptors (Lipinski definition) is 4. The van der Waals surface area contributed by atoms with E-state index >= 15 is 0 Å². The lowest BCUT2D eigenvalue weighted by Gasteiger charge is -2.15. The minimum absolute atomic E-state index is 0.295. The van der Waals surface area contributed by atoms with Gasteiger partial charge in [0.25, 0.3) is 0 Å². The minimum Gasteiger partial charge on any atom is -0.490 e. The van der Waals surface area contributed by atoms with E-state index in [0.717, 1.165) is 16.9 Å². The van der Waals surface area contributed by atoms with Crippen LogP contribution in [0.3, 0.4) is 0 Å². The molecule has 1 aromatic carbocycles. The van der Waals surface area contributed by atoms with Gasteiger partial charge in [0.1, 0.15) is 18.5 Å². The predicted molar refractivity (Wildman–Crippen MR) is 69.3 cm³/mol. The van der Waals surface area contributed by atoms with Crippen LogP contribution in [0.2, 0.25) is 0 Å². The number of rotatable bonds is 7. The molecule has 1 unspecified atom stereocenters. The van der Waals surface area contributed by atoms with Gasteiger partial charge in [0.05, 0.1) is 0 Å². The largest absolute Gasteiger partial charge is 0.490 e. The molecule has 1 atom stereocenters. The van der Waals surface area contributed by atoms with E-state index in [1.807, 2.05) is 32.0 Å². The number of aliphatic hydroxyl groups excluding tert-OH is 1. The van der Waals surface area contributed by atoms with Gasteiger partial charge in [0.15, 0.2) is 0 Å². The van der Waals surface area contributed by atoms with E-state index in [2.05, 4.69) is 5.32 Å². The molecule has 0 amide bonds. The molecule has 0 aliphatic rings. The maximum Gasteiger partial charge on any atom is 0.125 e. The molecule has 0 heterocycles. The number of benzene rings is 1. The summed E-state index contributed by atoms with van der Waals surface area (Å²) in [6.07, 6.45) is -0.513. The van der Waals surface area contributed by atoms with Crippen molar-refractivity contribution in [2.45, 2.75) is 20.0 Å². The van der Waals surface area contributed by atoms with E-state index in [0.29, 0.717) is 26.2 Å². The van der Waals surface area contributed by atoms with E-state index in [-0.39, 0.29) is 0 Å². The summed E-state index contributed by atoms with van der Waals surface area (Å²) in [6, 6.07) is 6.00. The van der Waals surface area contributed by atoms with Crippen molar-refractivity contribution in [3.63, 3.8) is 0 Å². The monoisotopic (exact) mass is 238 g/mol. The topological polar surface area (TPSA) is 67.5 Å². The van der Waals surface area contributed by atoms with Crippen molar-refractivity contribution >= 4 is 0 Å². The number of para-hydroxylation sites is 1. The fraction of sp³-hybridized carbons (Fsp3) is 0.538. The van der Waals surface area contributed by atoms with Gasteiger partial charge in [-0.3, -0.25) is 0 Å². The molecule has 1 aromatic rings. The van der Waals surface area contributed by atoms with Crippen molar-refractivity contribution in [1.29, 1.82) is 0 Å². The highest BCUT2D eigenvalue weighted by molar-refractivity contribution is 5.39. The van der Waals surface area contributed by atoms with E-state index in [1.54, 1.807) is 0 Å². The normalized spacial score (nSPS) is 12.5. The molecule has 0 fully saturated rings. The van der Waals surface area contributed by atoms with Crippen molar-refractivity contribution in [1.82, 2.24) is 5.32 Å². The molecule has 0 aliphatic heterocycles. The van der Waals surface area contributed by atoms with Crippen LogP contribution in [0.5, 0.6) is 5.75 Å². The minimum atomic E-state index is -0.513. The molecule has 0 radical (unpaired) electrons. The second-order valence-corrected chi connectivity index (χ2v) is 4.18. The van der Waals surface area contributed by atoms with Gasteiger partial charge in [0, 0.05) is 19.6 Å². The van der Waals surface area contributed by atoms with Gasteiger partial charge in [-0.25, -0.2) is 0 Å². The summed E-state index contributed by atoms with van der Waals surface area (Å²) in [5.41, 5.74) is 7.52. The highest BCUT2D eigenvalue weighted by atomic mass is 16.5. The molecule has 4 heteroatoms. The second-order valence-electron chi connectivity index (χ2n) is 4.18. The van der Waals surface area contributed by atoms with Crippen LogP contribution in [0, 0.1) is 13.8 Å². The number of hydrogen-bond donors (Lipinski definition) is 3. The fourth-order valence-corrected chi connectivity index (χ4v) is 1.64. The highest BCUT2D eigenvalue weighted by Crippen LogP contribution is 2.22. The Labute approximate surface area is 103 Å². The maximum absolute atomic E-state index is 9.69. The average Bonchev–Trinajstić information content (AvgIpc) is 2.29. The Bertz CT molecular complexity index is 322. The van der Waals surface area contributed by atoms with Crippen molar-refractivity contribution < 1.29 is 9.84 Å². The zero-order chi connectivity index (χ0) is 12.7. The summed E-state index contributed by atoms with van der Waals surface area (Å²) in [4.78, 5) is 0. The van der Waals surface area contributed by atoms with Crippen molar-refractivity contribution in [3.8, 4) is 5.75 Å². The van der Waals surface area contributed by atoms with E-state index in [1.165, 1.54) is 0 Å². The van der Waals surface area contributed by atoms with Crippen LogP contribution in [-0.2, 0) is 0 Å². The molecule has 4 N–H and O–H groups in total. The van der Waals surface area contributed by atoms with Crippen LogP contribution in [0.4, 0.5) is 0 Å². The Morgan fingerprint density at radius 1 is 1.35 bits per heavy atom. The summed E-state index contributed by atoms with van der Waals surface area (Å²) in [7, 11) is 0. The molecular formula is C13H22N2O2. The summed E-state index contributed by atoms with van der Waals surface area (Å²) < 4.78 is 5.64. The first kappa shape index (κ1) is 14.0. The zero-order valence-electron chi connectivity index (χ0n) is 10.6. The number of nitrogens with two attached hydrogens (primary N) is 1. The first-order valence-electron chi connectivity index (χ1n) is 5.93. The SMILES string of the molecule is Cc1cccc(C)c1OCC(O)CNCCN. The van der Waals surface area contributed by atoms with Gasteiger partial charge in [0.2, 0.25) is 0 Å². The lowest BCUT2D eigenvalue weighted by atomic mass is 10.1. The molecular weight excluding hydrogens is 216 g/mol. The molecule has 96 valence electrons. The zero-order valence-corrected chi connectivity index (χ0v) is 10.6. The number of nitrogens with one attached hydrogen (secondary N) is 1. The third kappa shape index (κ3) is 4.73. The quantitative estimate of drug-likeness (QED) is 0.608. The van der Waals surface area contributed by atoms with Crippen molar-refractivity contribution in [2.24, 2.45) is 5.73 Å². The lowest BCUT2D eigenvalue weighted by molar-refractivity contribution is 0.106. The maximum atomic E-state index is 9.69. The van der Waals surface area contributed by atoms with Crippen LogP contribution >= 0.6 is 0 Å². The second kappa shape index (κ2) is 7.27. The fourth-order valence-electron chi connectivity index (χ4n) is 1.64. The van der Waals surface area contributed by atoms with E-state index < -0.39 is 6.10 Å². The highest BCUT2D eigenvalue weighted by Gasteiger charge is 2.07. The number of ether oxygens (including phenoxy) is 1. The van der Waals surface area contributed by atoms with Crippen LogP contribution < -0.4 is 15.8 Å². The first-order chi connectivity index (χ1) is 8.15. The molecule has 4 nitrogen and oxygen atoms in total. The standard InChI is InChI=1S/C13H22N2O2/c1-10-4-3-5-11(2)13(10)17-9-12(16)8-15-7-6-14/h3-5,12,15-16H,6-9,14H2,1-2H3. The molecule has 17 heavy (non-hydrogen) atoms. The van der Waals surface area contributed by atoms with Crippen LogP contribution in [0.15, 0.2) is 18.2 Å². The molecule has 0 saturated carbocycles. The van der Waals surface area contributed by atoms with Gasteiger partial charge in [-0.15, -0.1) is 0 Å². The molecule has 0 aliphatic carbocycles. The number of aryl methyl sites for hydroxylation is 2. The van der Waals surface area contributed by atoms with E-state index in [9.17, 15) is 5.11 Å². The van der Waals surface area contributed by atoms with E-state index in [4.69, 9.17) is 10.5 Å². The summed E-state index contributed by atoms with van der Waals surface area (Å²) in [5, 5.41) is 12.7. The Balaban J connectivity index is 2.39. The molecule has 0 saturated heterocycles. The number of aliphatic hydroxyl groups is 1. The Morgan fingerprint density at radius 3 is 2.59 bits per heavy atom. The molecule has 0 bridgehead atoms. The molecule has 0 spiro atoms. The van der Waals surface area contributed by atoms with Gasteiger partial charge in [-0.1, -0.05) is 18.2 Å². The van der Waals surface area contributed by atoms with Gasteiger partial charge in [-0.2, -0.15) is 0 Å². The van der Waals surface area contributed by atoms with Crippen LogP contribution in [0.1, 0.15) is 11.1 Å². The average molecular weight is 238 g/mol. The van der Waals surface area contributed by atoms with Crippen LogP contribution in [0.25, 0.3) is 0 Å². The summed E-state index contributed by atoms with van der Waals surface area (Å²) in [5.74, 6) is 0.866. The Kier molecular flexibility index (Phi) is 5.97. The van der Waals surface area contributed by atoms with Crippen molar-refractivity contribution in [3.05, 3.63) is 29.3 Å². The Hall–Kier alpha value is -1.10. The summed E-state index contributed by atoms with van der Waals surface area (Å²) >= 11 is 0. The van der Waals surface area contributed by atoms with Gasteiger partial charge in [-0.05, 0) is 25.0 Å². The lowest BCUT2D eigenvalue weighted by Crippen LogP contribution is -2.34. The summed E-state index contributed by atoms with van der Waals surface area (Å²) in [6.45, 7) is 6.08. The molecule has 0 aromatic heterocycles. The van der Waals surface area contributed by atoms with Gasteiger partial charge < -0.3 is 20.9 Å². The van der Waals surface area contributed by atoms with Crippen LogP contribution in [-0.4, -0.2) is 37.5 Å². The smallest absolute Gasteiger partial charge is 0.125 e. The van der Waals surface area contributed by atoms with Crippen molar-refractivity contribution in [2.75, 3.05) is 26.2 Å².